The topological polar surface area (TPSA) is 73.8 Å². The Bertz CT molecular complexity index is 500. The van der Waals surface area contributed by atoms with E-state index < -0.39 is 28.5 Å². The van der Waals surface area contributed by atoms with E-state index in [0.717, 1.165) is 12.8 Å². The minimum Gasteiger partial charge on any atom is -0.358 e. The molecule has 1 heterocycles. The highest BCUT2D eigenvalue weighted by molar-refractivity contribution is 5.30. The summed E-state index contributed by atoms with van der Waals surface area (Å²) in [6.45, 7) is 1.77. The number of aryl methyl sites for hydroxylation is 1. The van der Waals surface area contributed by atoms with Crippen LogP contribution in [-0.4, -0.2) is 26.1 Å². The maximum Gasteiger partial charge on any atom is 0.460 e. The van der Waals surface area contributed by atoms with Crippen molar-refractivity contribution in [2.24, 2.45) is 0 Å². The predicted octanol–water partition coefficient (Wildman–Crippen LogP) is 3.42. The molecule has 6 nitrogen and oxygen atoms in total. The molecule has 21 heavy (non-hydrogen) atoms. The number of halogens is 5. The maximum atomic E-state index is 13.2. The summed E-state index contributed by atoms with van der Waals surface area (Å²) < 4.78 is 63.7. The fourth-order valence-electron chi connectivity index (χ4n) is 1.67. The third kappa shape index (κ3) is 3.64. The molecule has 1 rings (SSSR count). The van der Waals surface area contributed by atoms with Crippen molar-refractivity contribution >= 4 is 5.82 Å². The molecule has 0 radical (unpaired) electrons. The second-order valence-corrected chi connectivity index (χ2v) is 4.37. The zero-order chi connectivity index (χ0) is 16.3. The first-order chi connectivity index (χ1) is 9.63. The summed E-state index contributed by atoms with van der Waals surface area (Å²) in [5.41, 5.74) is -1.98. The van der Waals surface area contributed by atoms with Gasteiger partial charge >= 0.3 is 17.9 Å². The summed E-state index contributed by atoms with van der Waals surface area (Å²) in [4.78, 5) is 9.45. The molecule has 0 saturated carbocycles. The standard InChI is InChI=1S/C10H13F5N4O2/c1-2-3-4-5-6-18-8(19(20)21)7(16-17-18)9(11,12)10(13,14)15/h2-6H2,1H3. The van der Waals surface area contributed by atoms with Gasteiger partial charge in [0.2, 0.25) is 5.69 Å². The largest absolute Gasteiger partial charge is 0.460 e. The van der Waals surface area contributed by atoms with Crippen LogP contribution in [0.15, 0.2) is 0 Å². The maximum absolute atomic E-state index is 13.2. The van der Waals surface area contributed by atoms with E-state index in [1.807, 2.05) is 6.92 Å². The van der Waals surface area contributed by atoms with E-state index in [1.54, 1.807) is 0 Å². The molecule has 11 heteroatoms. The van der Waals surface area contributed by atoms with Crippen LogP contribution in [0.1, 0.15) is 38.3 Å². The van der Waals surface area contributed by atoms with Crippen LogP contribution in [-0.2, 0) is 12.5 Å². The van der Waals surface area contributed by atoms with Crippen molar-refractivity contribution in [3.63, 3.8) is 0 Å². The molecule has 0 N–H and O–H groups in total. The van der Waals surface area contributed by atoms with Crippen molar-refractivity contribution < 1.29 is 26.9 Å². The smallest absolute Gasteiger partial charge is 0.358 e. The molecule has 0 atom stereocenters. The molecule has 0 bridgehead atoms. The summed E-state index contributed by atoms with van der Waals surface area (Å²) >= 11 is 0. The van der Waals surface area contributed by atoms with Gasteiger partial charge < -0.3 is 10.1 Å². The molecule has 1 aromatic heterocycles. The minimum atomic E-state index is -5.97. The third-order valence-electron chi connectivity index (χ3n) is 2.76. The first-order valence-electron chi connectivity index (χ1n) is 6.15. The van der Waals surface area contributed by atoms with E-state index >= 15 is 0 Å². The first kappa shape index (κ1) is 17.2. The number of unbranched alkanes of at least 4 members (excludes halogenated alkanes) is 3. The highest BCUT2D eigenvalue weighted by atomic mass is 19.4. The van der Waals surface area contributed by atoms with E-state index in [-0.39, 0.29) is 6.54 Å². The van der Waals surface area contributed by atoms with Gasteiger partial charge in [-0.2, -0.15) is 22.0 Å². The Hall–Kier alpha value is -1.81. The van der Waals surface area contributed by atoms with Crippen molar-refractivity contribution in [2.45, 2.75) is 51.3 Å². The molecule has 0 fully saturated rings. The molecule has 0 aliphatic carbocycles. The van der Waals surface area contributed by atoms with Crippen molar-refractivity contribution in [1.29, 1.82) is 0 Å². The van der Waals surface area contributed by atoms with Crippen LogP contribution in [0.3, 0.4) is 0 Å². The quantitative estimate of drug-likeness (QED) is 0.334. The average molecular weight is 316 g/mol. The molecular formula is C10H13F5N4O2. The zero-order valence-corrected chi connectivity index (χ0v) is 11.0. The SMILES string of the molecule is CCCCCCn1nnc(C(F)(F)C(F)(F)F)c1[N+](=O)[O-]. The van der Waals surface area contributed by atoms with Gasteiger partial charge in [-0.3, -0.25) is 0 Å². The van der Waals surface area contributed by atoms with Crippen molar-refractivity contribution in [3.8, 4) is 0 Å². The van der Waals surface area contributed by atoms with Gasteiger partial charge in [-0.1, -0.05) is 19.8 Å². The molecule has 0 spiro atoms. The fourth-order valence-corrected chi connectivity index (χ4v) is 1.67. The molecule has 0 aromatic carbocycles. The van der Waals surface area contributed by atoms with E-state index in [1.165, 1.54) is 0 Å². The van der Waals surface area contributed by atoms with Crippen LogP contribution in [0.25, 0.3) is 0 Å². The minimum absolute atomic E-state index is 0.142. The number of rotatable bonds is 7. The molecule has 0 unspecified atom stereocenters. The van der Waals surface area contributed by atoms with Crippen molar-refractivity contribution in [1.82, 2.24) is 15.0 Å². The lowest BCUT2D eigenvalue weighted by Crippen LogP contribution is -2.34. The fraction of sp³-hybridized carbons (Fsp3) is 0.800. The van der Waals surface area contributed by atoms with Gasteiger partial charge in [-0.15, -0.1) is 9.78 Å². The molecule has 0 saturated heterocycles. The Morgan fingerprint density at radius 3 is 2.29 bits per heavy atom. The highest BCUT2D eigenvalue weighted by Crippen LogP contribution is 2.45. The van der Waals surface area contributed by atoms with Crippen LogP contribution in [0, 0.1) is 10.1 Å². The lowest BCUT2D eigenvalue weighted by Gasteiger charge is -2.16. The van der Waals surface area contributed by atoms with Crippen molar-refractivity contribution in [3.05, 3.63) is 15.8 Å². The Morgan fingerprint density at radius 2 is 1.81 bits per heavy atom. The van der Waals surface area contributed by atoms with Gasteiger partial charge in [-0.25, -0.2) is 0 Å². The van der Waals surface area contributed by atoms with Crippen LogP contribution in [0.5, 0.6) is 0 Å². The van der Waals surface area contributed by atoms with Gasteiger partial charge in [0, 0.05) is 5.21 Å². The highest BCUT2D eigenvalue weighted by Gasteiger charge is 2.64. The summed E-state index contributed by atoms with van der Waals surface area (Å²) in [5.74, 6) is -6.84. The molecule has 120 valence electrons. The van der Waals surface area contributed by atoms with E-state index in [0.29, 0.717) is 17.5 Å². The Labute approximate surface area is 116 Å². The summed E-state index contributed by atoms with van der Waals surface area (Å²) in [6, 6.07) is 0. The number of nitro groups is 1. The van der Waals surface area contributed by atoms with E-state index in [9.17, 15) is 32.1 Å². The van der Waals surface area contributed by atoms with Gasteiger partial charge in [-0.05, 0) is 17.8 Å². The predicted molar refractivity (Wildman–Crippen MR) is 60.8 cm³/mol. The number of hydrogen-bond donors (Lipinski definition) is 0. The van der Waals surface area contributed by atoms with Crippen LogP contribution in [0.2, 0.25) is 0 Å². The molecule has 0 amide bonds. The van der Waals surface area contributed by atoms with Gasteiger partial charge in [0.15, 0.2) is 0 Å². The second-order valence-electron chi connectivity index (χ2n) is 4.37. The first-order valence-corrected chi connectivity index (χ1v) is 6.15. The van der Waals surface area contributed by atoms with Gasteiger partial charge in [0.1, 0.15) is 6.54 Å². The van der Waals surface area contributed by atoms with Crippen LogP contribution in [0.4, 0.5) is 27.8 Å². The molecule has 0 aliphatic rings. The Morgan fingerprint density at radius 1 is 1.19 bits per heavy atom. The van der Waals surface area contributed by atoms with Gasteiger partial charge in [0.25, 0.3) is 0 Å². The number of nitrogens with zero attached hydrogens (tertiary/aromatic N) is 4. The summed E-state index contributed by atoms with van der Waals surface area (Å²) in [5, 5.41) is 16.5. The second kappa shape index (κ2) is 6.31. The monoisotopic (exact) mass is 316 g/mol. The lowest BCUT2D eigenvalue weighted by molar-refractivity contribution is -0.397. The molecular weight excluding hydrogens is 303 g/mol. The van der Waals surface area contributed by atoms with Crippen LogP contribution < -0.4 is 0 Å². The number of hydrogen-bond acceptors (Lipinski definition) is 4. The zero-order valence-electron chi connectivity index (χ0n) is 11.0. The normalized spacial score (nSPS) is 12.7. The number of alkyl halides is 5. The average Bonchev–Trinajstić information content (AvgIpc) is 2.77. The van der Waals surface area contributed by atoms with Crippen molar-refractivity contribution in [2.75, 3.05) is 0 Å². The lowest BCUT2D eigenvalue weighted by atomic mass is 10.2. The van der Waals surface area contributed by atoms with E-state index in [2.05, 4.69) is 10.3 Å². The third-order valence-corrected chi connectivity index (χ3v) is 2.76. The van der Waals surface area contributed by atoms with E-state index in [4.69, 9.17) is 0 Å². The summed E-state index contributed by atoms with van der Waals surface area (Å²) in [6.07, 6.45) is -3.26. The molecule has 0 aliphatic heterocycles. The van der Waals surface area contributed by atoms with Crippen LogP contribution >= 0.6 is 0 Å². The Kier molecular flexibility index (Phi) is 5.18. The molecule has 1 aromatic rings. The van der Waals surface area contributed by atoms with Gasteiger partial charge in [0.05, 0.1) is 0 Å². The summed E-state index contributed by atoms with van der Waals surface area (Å²) in [7, 11) is 0. The Balaban J connectivity index is 3.08. The number of aromatic nitrogens is 3.